The van der Waals surface area contributed by atoms with Crippen LogP contribution in [-0.4, -0.2) is 21.0 Å². The lowest BCUT2D eigenvalue weighted by Gasteiger charge is -2.07. The zero-order valence-corrected chi connectivity index (χ0v) is 11.1. The van der Waals surface area contributed by atoms with Gasteiger partial charge in [-0.2, -0.15) is 0 Å². The highest BCUT2D eigenvalue weighted by Gasteiger charge is 2.06. The first-order valence-corrected chi connectivity index (χ1v) is 5.94. The average molecular weight is 308 g/mol. The summed E-state index contributed by atoms with van der Waals surface area (Å²) in [6, 6.07) is 5.71. The van der Waals surface area contributed by atoms with Crippen LogP contribution < -0.4 is 5.32 Å². The summed E-state index contributed by atoms with van der Waals surface area (Å²) >= 11 is 3.41. The highest BCUT2D eigenvalue weighted by Crippen LogP contribution is 2.22. The third-order valence-corrected chi connectivity index (χ3v) is 3.17. The van der Waals surface area contributed by atoms with Crippen molar-refractivity contribution >= 4 is 33.4 Å². The minimum Gasteiger partial charge on any atom is -0.476 e. The van der Waals surface area contributed by atoms with Crippen molar-refractivity contribution in [3.63, 3.8) is 0 Å². The van der Waals surface area contributed by atoms with Gasteiger partial charge in [0.05, 0.1) is 12.4 Å². The van der Waals surface area contributed by atoms with Crippen LogP contribution >= 0.6 is 15.9 Å². The van der Waals surface area contributed by atoms with Crippen LogP contribution in [0.1, 0.15) is 16.1 Å². The highest BCUT2D eigenvalue weighted by atomic mass is 79.9. The molecule has 0 bridgehead atoms. The van der Waals surface area contributed by atoms with E-state index < -0.39 is 5.97 Å². The molecule has 1 aromatic heterocycles. The summed E-state index contributed by atoms with van der Waals surface area (Å²) in [5.41, 5.74) is 1.81. The van der Waals surface area contributed by atoms with E-state index in [1.165, 1.54) is 12.4 Å². The van der Waals surface area contributed by atoms with Crippen molar-refractivity contribution in [2.45, 2.75) is 6.92 Å². The van der Waals surface area contributed by atoms with Crippen molar-refractivity contribution < 1.29 is 9.90 Å². The zero-order chi connectivity index (χ0) is 13.1. The van der Waals surface area contributed by atoms with Crippen molar-refractivity contribution in [1.82, 2.24) is 9.97 Å². The molecule has 1 aromatic carbocycles. The minimum atomic E-state index is -1.10. The highest BCUT2D eigenvalue weighted by molar-refractivity contribution is 9.10. The third-order valence-electron chi connectivity index (χ3n) is 2.28. The Morgan fingerprint density at radius 2 is 2.17 bits per heavy atom. The van der Waals surface area contributed by atoms with Crippen LogP contribution in [0.4, 0.5) is 11.5 Å². The first-order valence-electron chi connectivity index (χ1n) is 5.15. The molecule has 0 radical (unpaired) electrons. The Balaban J connectivity index is 2.25. The Morgan fingerprint density at radius 1 is 1.39 bits per heavy atom. The number of aromatic nitrogens is 2. The molecule has 2 N–H and O–H groups in total. The molecule has 5 nitrogen and oxygen atoms in total. The Morgan fingerprint density at radius 3 is 2.83 bits per heavy atom. The van der Waals surface area contributed by atoms with Crippen LogP contribution in [0.5, 0.6) is 0 Å². The zero-order valence-electron chi connectivity index (χ0n) is 9.51. The summed E-state index contributed by atoms with van der Waals surface area (Å²) in [7, 11) is 0. The van der Waals surface area contributed by atoms with E-state index in [1.807, 2.05) is 25.1 Å². The average Bonchev–Trinajstić information content (AvgIpc) is 2.34. The molecule has 0 saturated carbocycles. The van der Waals surface area contributed by atoms with Gasteiger partial charge in [0.2, 0.25) is 0 Å². The lowest BCUT2D eigenvalue weighted by molar-refractivity contribution is 0.0690. The number of nitrogens with zero attached hydrogens (tertiary/aromatic N) is 2. The van der Waals surface area contributed by atoms with E-state index in [9.17, 15) is 4.79 Å². The third kappa shape index (κ3) is 2.84. The van der Waals surface area contributed by atoms with E-state index >= 15 is 0 Å². The van der Waals surface area contributed by atoms with Gasteiger partial charge in [0.1, 0.15) is 5.82 Å². The summed E-state index contributed by atoms with van der Waals surface area (Å²) < 4.78 is 1.01. The van der Waals surface area contributed by atoms with Crippen molar-refractivity contribution in [2.24, 2.45) is 0 Å². The van der Waals surface area contributed by atoms with E-state index in [4.69, 9.17) is 5.11 Å². The van der Waals surface area contributed by atoms with Crippen LogP contribution in [0.3, 0.4) is 0 Å². The summed E-state index contributed by atoms with van der Waals surface area (Å²) in [5.74, 6) is -0.699. The number of carbonyl (C=O) groups is 1. The van der Waals surface area contributed by atoms with Crippen LogP contribution in [0.25, 0.3) is 0 Å². The fourth-order valence-corrected chi connectivity index (χ4v) is 1.65. The van der Waals surface area contributed by atoms with Gasteiger partial charge < -0.3 is 10.4 Å². The number of aryl methyl sites for hydroxylation is 1. The van der Waals surface area contributed by atoms with Gasteiger partial charge in [-0.15, -0.1) is 0 Å². The fraction of sp³-hybridized carbons (Fsp3) is 0.0833. The molecular weight excluding hydrogens is 298 g/mol. The van der Waals surface area contributed by atoms with Gasteiger partial charge >= 0.3 is 5.97 Å². The summed E-state index contributed by atoms with van der Waals surface area (Å²) in [6.45, 7) is 1.97. The van der Waals surface area contributed by atoms with Crippen molar-refractivity contribution in [3.05, 3.63) is 46.3 Å². The van der Waals surface area contributed by atoms with Crippen LogP contribution in [0.15, 0.2) is 35.1 Å². The van der Waals surface area contributed by atoms with Crippen LogP contribution in [0, 0.1) is 6.92 Å². The van der Waals surface area contributed by atoms with Gasteiger partial charge in [0.25, 0.3) is 0 Å². The lowest BCUT2D eigenvalue weighted by atomic mass is 10.2. The van der Waals surface area contributed by atoms with E-state index in [0.29, 0.717) is 5.82 Å². The molecule has 92 valence electrons. The molecule has 18 heavy (non-hydrogen) atoms. The predicted molar refractivity (Wildman–Crippen MR) is 71.2 cm³/mol. The number of benzene rings is 1. The second kappa shape index (κ2) is 5.14. The second-order valence-electron chi connectivity index (χ2n) is 3.68. The van der Waals surface area contributed by atoms with E-state index in [-0.39, 0.29) is 5.69 Å². The number of hydrogen-bond acceptors (Lipinski definition) is 4. The van der Waals surface area contributed by atoms with Crippen molar-refractivity contribution in [3.8, 4) is 0 Å². The maximum Gasteiger partial charge on any atom is 0.356 e. The smallest absolute Gasteiger partial charge is 0.356 e. The molecule has 1 heterocycles. The molecule has 2 aromatic rings. The molecule has 6 heteroatoms. The molecule has 0 fully saturated rings. The number of halogens is 1. The Hall–Kier alpha value is -1.95. The molecule has 0 aliphatic rings. The Kier molecular flexibility index (Phi) is 3.57. The second-order valence-corrected chi connectivity index (χ2v) is 4.54. The standard InChI is InChI=1S/C12H10BrN3O2/c1-7-4-8(2-3-9(7)13)15-11-6-14-5-10(16-11)12(17)18/h2-6H,1H3,(H,15,16)(H,17,18). The molecule has 2 rings (SSSR count). The van der Waals surface area contributed by atoms with Gasteiger partial charge in [-0.3, -0.25) is 4.98 Å². The van der Waals surface area contributed by atoms with Crippen LogP contribution in [0.2, 0.25) is 0 Å². The number of anilines is 2. The van der Waals surface area contributed by atoms with Crippen molar-refractivity contribution in [1.29, 1.82) is 0 Å². The van der Waals surface area contributed by atoms with E-state index in [0.717, 1.165) is 15.7 Å². The topological polar surface area (TPSA) is 75.1 Å². The monoisotopic (exact) mass is 307 g/mol. The van der Waals surface area contributed by atoms with Gasteiger partial charge in [-0.1, -0.05) is 15.9 Å². The molecule has 0 amide bonds. The number of carboxylic acid groups (broad SMARTS) is 1. The number of aromatic carboxylic acids is 1. The lowest BCUT2D eigenvalue weighted by Crippen LogP contribution is -2.04. The predicted octanol–water partition coefficient (Wildman–Crippen LogP) is 2.99. The molecule has 0 spiro atoms. The largest absolute Gasteiger partial charge is 0.476 e. The molecule has 0 saturated heterocycles. The Bertz CT molecular complexity index is 602. The fourth-order valence-electron chi connectivity index (χ4n) is 1.40. The number of hydrogen-bond donors (Lipinski definition) is 2. The minimum absolute atomic E-state index is 0.0890. The molecular formula is C12H10BrN3O2. The normalized spacial score (nSPS) is 10.1. The van der Waals surface area contributed by atoms with Gasteiger partial charge in [0.15, 0.2) is 5.69 Å². The van der Waals surface area contributed by atoms with Gasteiger partial charge in [-0.05, 0) is 30.7 Å². The summed E-state index contributed by atoms with van der Waals surface area (Å²) in [6.07, 6.45) is 2.68. The number of carboxylic acids is 1. The SMILES string of the molecule is Cc1cc(Nc2cncc(C(=O)O)n2)ccc1Br. The molecule has 0 aliphatic heterocycles. The number of nitrogens with one attached hydrogen (secondary N) is 1. The van der Waals surface area contributed by atoms with Crippen molar-refractivity contribution in [2.75, 3.05) is 5.32 Å². The van der Waals surface area contributed by atoms with Gasteiger partial charge in [-0.25, -0.2) is 9.78 Å². The quantitative estimate of drug-likeness (QED) is 0.911. The first-order chi connectivity index (χ1) is 8.56. The first kappa shape index (κ1) is 12.5. The maximum atomic E-state index is 10.8. The van der Waals surface area contributed by atoms with E-state index in [2.05, 4.69) is 31.2 Å². The Labute approximate surface area is 112 Å². The number of rotatable bonds is 3. The summed E-state index contributed by atoms with van der Waals surface area (Å²) in [4.78, 5) is 18.5. The van der Waals surface area contributed by atoms with Crippen LogP contribution in [-0.2, 0) is 0 Å². The molecule has 0 aliphatic carbocycles. The molecule has 0 atom stereocenters. The molecule has 0 unspecified atom stereocenters. The maximum absolute atomic E-state index is 10.8. The summed E-state index contributed by atoms with van der Waals surface area (Å²) in [5, 5.41) is 11.8. The van der Waals surface area contributed by atoms with Gasteiger partial charge in [0, 0.05) is 10.2 Å². The van der Waals surface area contributed by atoms with E-state index in [1.54, 1.807) is 0 Å².